The smallest absolute Gasteiger partial charge is 0.290 e. The molecule has 0 aromatic heterocycles. The van der Waals surface area contributed by atoms with Gasteiger partial charge in [-0.05, 0) is 55.9 Å². The maximum atomic E-state index is 13.7. The number of carbonyl (C=O) groups excluding carboxylic acids is 2. The van der Waals surface area contributed by atoms with Gasteiger partial charge in [0.2, 0.25) is 0 Å². The van der Waals surface area contributed by atoms with E-state index in [0.29, 0.717) is 30.9 Å². The van der Waals surface area contributed by atoms with Crippen LogP contribution >= 0.6 is 0 Å². The van der Waals surface area contributed by atoms with Crippen LogP contribution in [0.3, 0.4) is 0 Å². The number of benzene rings is 2. The van der Waals surface area contributed by atoms with Crippen LogP contribution in [-0.2, 0) is 20.7 Å². The summed E-state index contributed by atoms with van der Waals surface area (Å²) in [6.07, 6.45) is 4.09. The fraction of sp³-hybridized carbons (Fsp3) is 0.407. The predicted octanol–water partition coefficient (Wildman–Crippen LogP) is 4.33. The summed E-state index contributed by atoms with van der Waals surface area (Å²) in [5.41, 5.74) is 2.33. The average molecular weight is 448 g/mol. The van der Waals surface area contributed by atoms with Gasteiger partial charge in [0.25, 0.3) is 5.91 Å². The van der Waals surface area contributed by atoms with Crippen molar-refractivity contribution >= 4 is 11.7 Å². The Morgan fingerprint density at radius 2 is 1.88 bits per heavy atom. The van der Waals surface area contributed by atoms with Gasteiger partial charge in [0.1, 0.15) is 6.10 Å². The van der Waals surface area contributed by atoms with Crippen molar-refractivity contribution in [1.29, 1.82) is 0 Å². The van der Waals surface area contributed by atoms with E-state index in [1.165, 1.54) is 0 Å². The number of hydrogen-bond acceptors (Lipinski definition) is 5. The minimum atomic E-state index is -0.550. The van der Waals surface area contributed by atoms with Gasteiger partial charge in [-0.2, -0.15) is 0 Å². The van der Waals surface area contributed by atoms with Crippen LogP contribution in [0.5, 0.6) is 11.5 Å². The van der Waals surface area contributed by atoms with Gasteiger partial charge in [-0.15, -0.1) is 0 Å². The molecule has 5 rings (SSSR count). The second-order valence-corrected chi connectivity index (χ2v) is 8.95. The van der Waals surface area contributed by atoms with Crippen LogP contribution in [0, 0.1) is 5.92 Å². The highest BCUT2D eigenvalue weighted by molar-refractivity contribution is 6.11. The Morgan fingerprint density at radius 1 is 1.09 bits per heavy atom. The summed E-state index contributed by atoms with van der Waals surface area (Å²) >= 11 is 0. The van der Waals surface area contributed by atoms with Gasteiger partial charge in [0, 0.05) is 6.54 Å². The third kappa shape index (κ3) is 3.88. The van der Waals surface area contributed by atoms with E-state index in [1.54, 1.807) is 23.1 Å². The number of amides is 1. The fourth-order valence-corrected chi connectivity index (χ4v) is 5.34. The van der Waals surface area contributed by atoms with Crippen molar-refractivity contribution in [2.75, 3.05) is 13.2 Å². The number of rotatable bonds is 6. The van der Waals surface area contributed by atoms with E-state index in [1.807, 2.05) is 37.3 Å². The summed E-state index contributed by atoms with van der Waals surface area (Å²) in [5.74, 6) is 0.215. The summed E-state index contributed by atoms with van der Waals surface area (Å²) in [5, 5.41) is 10.2. The Morgan fingerprint density at radius 3 is 2.67 bits per heavy atom. The Hall–Kier alpha value is -3.28. The highest BCUT2D eigenvalue weighted by Crippen LogP contribution is 2.47. The van der Waals surface area contributed by atoms with Crippen LogP contribution in [-0.4, -0.2) is 41.0 Å². The Kier molecular flexibility index (Phi) is 5.83. The van der Waals surface area contributed by atoms with Crippen LogP contribution in [0.25, 0.3) is 0 Å². The van der Waals surface area contributed by atoms with E-state index < -0.39 is 6.04 Å². The fourth-order valence-electron chi connectivity index (χ4n) is 5.34. The molecule has 1 fully saturated rings. The zero-order chi connectivity index (χ0) is 22.9. The van der Waals surface area contributed by atoms with Crippen molar-refractivity contribution < 1.29 is 24.2 Å². The first kappa shape index (κ1) is 21.6. The van der Waals surface area contributed by atoms with Crippen molar-refractivity contribution in [1.82, 2.24) is 4.90 Å². The van der Waals surface area contributed by atoms with Crippen LogP contribution < -0.4 is 4.74 Å². The number of Topliss-reactive ketones (excluding diaryl/α,β-unsaturated/α-hetero) is 1. The SMILES string of the molecule is CCOc1cc(C2C3=C(OC4CCCCC4C3=O)C(=O)N2CCc2ccccc2)ccc1O. The molecule has 2 aliphatic heterocycles. The first-order valence-electron chi connectivity index (χ1n) is 11.8. The van der Waals surface area contributed by atoms with E-state index in [2.05, 4.69) is 0 Å². The molecule has 2 aromatic rings. The molecule has 0 radical (unpaired) electrons. The van der Waals surface area contributed by atoms with Crippen molar-refractivity contribution in [3.63, 3.8) is 0 Å². The molecule has 0 bridgehead atoms. The lowest BCUT2D eigenvalue weighted by Crippen LogP contribution is -2.39. The van der Waals surface area contributed by atoms with E-state index in [0.717, 1.165) is 36.8 Å². The second kappa shape index (κ2) is 8.93. The van der Waals surface area contributed by atoms with Gasteiger partial charge >= 0.3 is 0 Å². The third-order valence-electron chi connectivity index (χ3n) is 6.94. The number of carbonyl (C=O) groups is 2. The largest absolute Gasteiger partial charge is 0.504 e. The van der Waals surface area contributed by atoms with E-state index in [4.69, 9.17) is 9.47 Å². The zero-order valence-corrected chi connectivity index (χ0v) is 18.8. The number of phenols is 1. The number of fused-ring (bicyclic) bond motifs is 1. The molecule has 6 nitrogen and oxygen atoms in total. The summed E-state index contributed by atoms with van der Waals surface area (Å²) in [4.78, 5) is 29.0. The molecule has 2 aromatic carbocycles. The highest BCUT2D eigenvalue weighted by atomic mass is 16.5. The number of phenolic OH excluding ortho intramolecular Hbond substituents is 1. The standard InChI is InChI=1S/C27H29NO5/c1-2-32-22-16-18(12-13-20(22)29)24-23-25(30)19-10-6-7-11-21(19)33-26(23)27(31)28(24)15-14-17-8-4-3-5-9-17/h3-5,8-9,12-13,16,19,21,24,29H,2,6-7,10-11,14-15H2,1H3. The van der Waals surface area contributed by atoms with Crippen molar-refractivity contribution in [3.8, 4) is 11.5 Å². The number of hydrogen-bond donors (Lipinski definition) is 1. The van der Waals surface area contributed by atoms with Crippen LogP contribution in [0.2, 0.25) is 0 Å². The first-order chi connectivity index (χ1) is 16.1. The molecule has 172 valence electrons. The van der Waals surface area contributed by atoms with Gasteiger partial charge in [0.05, 0.1) is 24.1 Å². The lowest BCUT2D eigenvalue weighted by Gasteiger charge is -2.35. The van der Waals surface area contributed by atoms with Gasteiger partial charge in [-0.3, -0.25) is 9.59 Å². The lowest BCUT2D eigenvalue weighted by atomic mass is 9.77. The van der Waals surface area contributed by atoms with Crippen LogP contribution in [0.15, 0.2) is 59.9 Å². The third-order valence-corrected chi connectivity index (χ3v) is 6.94. The van der Waals surface area contributed by atoms with Crippen molar-refractivity contribution in [2.45, 2.75) is 51.2 Å². The molecular weight excluding hydrogens is 418 g/mol. The lowest BCUT2D eigenvalue weighted by molar-refractivity contribution is -0.135. The molecule has 1 aliphatic carbocycles. The van der Waals surface area contributed by atoms with Crippen molar-refractivity contribution in [3.05, 3.63) is 71.0 Å². The molecule has 2 heterocycles. The first-order valence-corrected chi connectivity index (χ1v) is 11.8. The molecule has 33 heavy (non-hydrogen) atoms. The number of ketones is 1. The number of nitrogens with zero attached hydrogens (tertiary/aromatic N) is 1. The summed E-state index contributed by atoms with van der Waals surface area (Å²) in [6, 6.07) is 14.5. The normalized spacial score (nSPS) is 24.4. The molecule has 1 N–H and O–H groups in total. The topological polar surface area (TPSA) is 76.1 Å². The number of aromatic hydroxyl groups is 1. The quantitative estimate of drug-likeness (QED) is 0.713. The Labute approximate surface area is 193 Å². The van der Waals surface area contributed by atoms with E-state index in [9.17, 15) is 14.7 Å². The zero-order valence-electron chi connectivity index (χ0n) is 18.8. The minimum Gasteiger partial charge on any atom is -0.504 e. The second-order valence-electron chi connectivity index (χ2n) is 8.95. The average Bonchev–Trinajstić information content (AvgIpc) is 3.12. The van der Waals surface area contributed by atoms with E-state index in [-0.39, 0.29) is 35.2 Å². The molecule has 1 amide bonds. The van der Waals surface area contributed by atoms with Crippen LogP contribution in [0.4, 0.5) is 0 Å². The number of ether oxygens (including phenoxy) is 2. The predicted molar refractivity (Wildman–Crippen MR) is 123 cm³/mol. The van der Waals surface area contributed by atoms with Gasteiger partial charge in [-0.1, -0.05) is 42.8 Å². The van der Waals surface area contributed by atoms with Crippen molar-refractivity contribution in [2.24, 2.45) is 5.92 Å². The summed E-state index contributed by atoms with van der Waals surface area (Å²) in [6.45, 7) is 2.70. The van der Waals surface area contributed by atoms with Gasteiger partial charge in [-0.25, -0.2) is 0 Å². The molecule has 6 heteroatoms. The maximum absolute atomic E-state index is 13.7. The molecule has 0 saturated heterocycles. The van der Waals surface area contributed by atoms with Crippen LogP contribution in [0.1, 0.15) is 49.8 Å². The summed E-state index contributed by atoms with van der Waals surface area (Å²) < 4.78 is 11.8. The van der Waals surface area contributed by atoms with Gasteiger partial charge < -0.3 is 19.5 Å². The minimum absolute atomic E-state index is 0.0348. The highest BCUT2D eigenvalue weighted by Gasteiger charge is 2.51. The molecule has 0 spiro atoms. The molecule has 1 saturated carbocycles. The molecule has 3 atom stereocenters. The van der Waals surface area contributed by atoms with E-state index >= 15 is 0 Å². The Balaban J connectivity index is 1.54. The monoisotopic (exact) mass is 447 g/mol. The molecular formula is C27H29NO5. The molecule has 3 aliphatic rings. The Bertz CT molecular complexity index is 1090. The van der Waals surface area contributed by atoms with Gasteiger partial charge in [0.15, 0.2) is 23.0 Å². The maximum Gasteiger partial charge on any atom is 0.290 e. The molecule has 3 unspecified atom stereocenters. The summed E-state index contributed by atoms with van der Waals surface area (Å²) in [7, 11) is 0.